The lowest BCUT2D eigenvalue weighted by atomic mass is 9.61. The third kappa shape index (κ3) is 2.85. The van der Waals surface area contributed by atoms with Gasteiger partial charge in [-0.15, -0.1) is 0 Å². The van der Waals surface area contributed by atoms with Crippen molar-refractivity contribution in [2.75, 3.05) is 0 Å². The fourth-order valence-electron chi connectivity index (χ4n) is 5.44. The minimum absolute atomic E-state index is 0.0840. The van der Waals surface area contributed by atoms with Crippen molar-refractivity contribution < 1.29 is 19.4 Å². The van der Waals surface area contributed by atoms with Gasteiger partial charge in [0.15, 0.2) is 5.78 Å². The Bertz CT molecular complexity index is 1020. The fourth-order valence-corrected chi connectivity index (χ4v) is 5.44. The zero-order valence-electron chi connectivity index (χ0n) is 17.1. The Morgan fingerprint density at radius 2 is 1.93 bits per heavy atom. The van der Waals surface area contributed by atoms with Gasteiger partial charge in [0.25, 0.3) is 0 Å². The molecule has 0 radical (unpaired) electrons. The van der Waals surface area contributed by atoms with Gasteiger partial charge in [-0.2, -0.15) is 0 Å². The number of phenolic OH excluding ortho intramolecular Hbond substituents is 1. The Kier molecular flexibility index (Phi) is 3.86. The first-order valence-corrected chi connectivity index (χ1v) is 10.3. The second kappa shape index (κ2) is 6.12. The maximum atomic E-state index is 13.1. The summed E-state index contributed by atoms with van der Waals surface area (Å²) in [5.74, 6) is 1.47. The van der Waals surface area contributed by atoms with E-state index in [4.69, 9.17) is 9.47 Å². The van der Waals surface area contributed by atoms with E-state index in [1.165, 1.54) is 6.08 Å². The van der Waals surface area contributed by atoms with E-state index < -0.39 is 5.60 Å². The van der Waals surface area contributed by atoms with E-state index in [2.05, 4.69) is 20.8 Å². The molecule has 0 spiro atoms. The van der Waals surface area contributed by atoms with Crippen LogP contribution in [0.1, 0.15) is 67.4 Å². The highest BCUT2D eigenvalue weighted by Gasteiger charge is 2.55. The standard InChI is InChI=1S/C25H26O4/c1-24(2)17-11-12-25(3)14-16(17)21-20(28-25)13-19(27)22(23(21)29-24)18(26)10-9-15-7-5-4-6-8-15/h4-10,13,16-17,27H,11-12,14H2,1-3H3/b10-9+/t16-,17-,25+/m0/s1. The van der Waals surface area contributed by atoms with Crippen LogP contribution in [0, 0.1) is 5.92 Å². The number of phenols is 1. The highest BCUT2D eigenvalue weighted by molar-refractivity contribution is 6.11. The second-order valence-electron chi connectivity index (χ2n) is 9.33. The topological polar surface area (TPSA) is 55.8 Å². The molecule has 2 aliphatic heterocycles. The summed E-state index contributed by atoms with van der Waals surface area (Å²) in [7, 11) is 0. The molecule has 0 amide bonds. The molecule has 4 nitrogen and oxygen atoms in total. The number of hydrogen-bond donors (Lipinski definition) is 1. The number of fused-ring (bicyclic) bond motifs is 1. The molecule has 2 heterocycles. The van der Waals surface area contributed by atoms with Crippen molar-refractivity contribution in [3.05, 3.63) is 59.2 Å². The predicted octanol–water partition coefficient (Wildman–Crippen LogP) is 5.49. The molecule has 1 saturated carbocycles. The number of rotatable bonds is 3. The lowest BCUT2D eigenvalue weighted by molar-refractivity contribution is -0.0731. The number of ether oxygens (including phenoxy) is 2. The van der Waals surface area contributed by atoms with Gasteiger partial charge >= 0.3 is 0 Å². The maximum absolute atomic E-state index is 13.1. The first kappa shape index (κ1) is 18.3. The third-order valence-electron chi connectivity index (χ3n) is 6.84. The van der Waals surface area contributed by atoms with E-state index in [0.29, 0.717) is 17.4 Å². The highest BCUT2D eigenvalue weighted by atomic mass is 16.5. The predicted molar refractivity (Wildman–Crippen MR) is 112 cm³/mol. The van der Waals surface area contributed by atoms with Gasteiger partial charge < -0.3 is 14.6 Å². The molecule has 29 heavy (non-hydrogen) atoms. The lowest BCUT2D eigenvalue weighted by Crippen LogP contribution is -2.54. The van der Waals surface area contributed by atoms with Crippen molar-refractivity contribution in [2.45, 2.75) is 57.2 Å². The Hall–Kier alpha value is -2.75. The SMILES string of the molecule is CC1(C)Oc2c(C(=O)/C=C/c3ccccc3)c(O)cc3c2[C@H]2C[C@@](C)(CC[C@@H]21)O3. The zero-order chi connectivity index (χ0) is 20.4. The van der Waals surface area contributed by atoms with Gasteiger partial charge in [0, 0.05) is 23.5 Å². The molecular formula is C25H26O4. The summed E-state index contributed by atoms with van der Waals surface area (Å²) >= 11 is 0. The summed E-state index contributed by atoms with van der Waals surface area (Å²) in [5, 5.41) is 10.8. The van der Waals surface area contributed by atoms with Crippen molar-refractivity contribution in [1.82, 2.24) is 0 Å². The maximum Gasteiger partial charge on any atom is 0.193 e. The molecule has 3 atom stereocenters. The molecule has 3 aliphatic rings. The minimum atomic E-state index is -0.403. The van der Waals surface area contributed by atoms with Crippen LogP contribution in [0.15, 0.2) is 42.5 Å². The average Bonchev–Trinajstić information content (AvgIpc) is 2.65. The monoisotopic (exact) mass is 390 g/mol. The van der Waals surface area contributed by atoms with Crippen LogP contribution in [0.25, 0.3) is 6.08 Å². The van der Waals surface area contributed by atoms with E-state index in [1.807, 2.05) is 30.3 Å². The molecule has 1 aliphatic carbocycles. The van der Waals surface area contributed by atoms with E-state index in [-0.39, 0.29) is 28.6 Å². The molecule has 0 aromatic heterocycles. The van der Waals surface area contributed by atoms with Crippen LogP contribution in [0.2, 0.25) is 0 Å². The van der Waals surface area contributed by atoms with Crippen LogP contribution < -0.4 is 9.47 Å². The fraction of sp³-hybridized carbons (Fsp3) is 0.400. The van der Waals surface area contributed by atoms with Crippen LogP contribution in [-0.2, 0) is 0 Å². The van der Waals surface area contributed by atoms with Crippen molar-refractivity contribution in [3.63, 3.8) is 0 Å². The number of aromatic hydroxyl groups is 1. The Morgan fingerprint density at radius 3 is 2.69 bits per heavy atom. The van der Waals surface area contributed by atoms with Crippen molar-refractivity contribution in [3.8, 4) is 17.2 Å². The van der Waals surface area contributed by atoms with Gasteiger partial charge in [-0.3, -0.25) is 4.79 Å². The van der Waals surface area contributed by atoms with Gasteiger partial charge in [-0.1, -0.05) is 36.4 Å². The molecule has 150 valence electrons. The summed E-state index contributed by atoms with van der Waals surface area (Å²) in [5.41, 5.74) is 1.50. The third-order valence-corrected chi connectivity index (χ3v) is 6.84. The molecule has 0 unspecified atom stereocenters. The van der Waals surface area contributed by atoms with Crippen LogP contribution in [-0.4, -0.2) is 22.1 Å². The van der Waals surface area contributed by atoms with E-state index in [0.717, 1.165) is 30.4 Å². The van der Waals surface area contributed by atoms with E-state index >= 15 is 0 Å². The zero-order valence-corrected chi connectivity index (χ0v) is 17.1. The van der Waals surface area contributed by atoms with Crippen molar-refractivity contribution in [2.24, 2.45) is 5.92 Å². The van der Waals surface area contributed by atoms with E-state index in [9.17, 15) is 9.90 Å². The van der Waals surface area contributed by atoms with Gasteiger partial charge in [-0.05, 0) is 51.7 Å². The number of carbonyl (C=O) groups is 1. The number of allylic oxidation sites excluding steroid dienone is 1. The van der Waals surface area contributed by atoms with Gasteiger partial charge in [0.1, 0.15) is 34.0 Å². The highest BCUT2D eigenvalue weighted by Crippen LogP contribution is 2.61. The van der Waals surface area contributed by atoms with Crippen molar-refractivity contribution >= 4 is 11.9 Å². The van der Waals surface area contributed by atoms with Gasteiger partial charge in [-0.25, -0.2) is 0 Å². The molecular weight excluding hydrogens is 364 g/mol. The minimum Gasteiger partial charge on any atom is -0.507 e. The summed E-state index contributed by atoms with van der Waals surface area (Å²) in [4.78, 5) is 13.1. The first-order chi connectivity index (χ1) is 13.8. The number of hydrogen-bond acceptors (Lipinski definition) is 4. The Labute approximate surface area is 171 Å². The summed E-state index contributed by atoms with van der Waals surface area (Å²) < 4.78 is 12.7. The molecule has 2 aromatic carbocycles. The molecule has 1 fully saturated rings. The van der Waals surface area contributed by atoms with E-state index in [1.54, 1.807) is 12.1 Å². The van der Waals surface area contributed by atoms with Gasteiger partial charge in [0.05, 0.1) is 0 Å². The molecule has 0 saturated heterocycles. The van der Waals surface area contributed by atoms with Crippen LogP contribution in [0.3, 0.4) is 0 Å². The smallest absolute Gasteiger partial charge is 0.193 e. The molecule has 1 N–H and O–H groups in total. The summed E-state index contributed by atoms with van der Waals surface area (Å²) in [6.07, 6.45) is 6.19. The van der Waals surface area contributed by atoms with Gasteiger partial charge in [0.2, 0.25) is 0 Å². The summed E-state index contributed by atoms with van der Waals surface area (Å²) in [6.45, 7) is 6.33. The quantitative estimate of drug-likeness (QED) is 0.556. The van der Waals surface area contributed by atoms with Crippen LogP contribution in [0.4, 0.5) is 0 Å². The number of ketones is 1. The molecule has 5 rings (SSSR count). The normalized spacial score (nSPS) is 28.5. The molecule has 2 bridgehead atoms. The first-order valence-electron chi connectivity index (χ1n) is 10.3. The largest absolute Gasteiger partial charge is 0.507 e. The Morgan fingerprint density at radius 1 is 1.17 bits per heavy atom. The van der Waals surface area contributed by atoms with Crippen molar-refractivity contribution in [1.29, 1.82) is 0 Å². The molecule has 4 heteroatoms. The molecule has 2 aromatic rings. The van der Waals surface area contributed by atoms with Crippen LogP contribution >= 0.6 is 0 Å². The number of benzene rings is 2. The lowest BCUT2D eigenvalue weighted by Gasteiger charge is -2.55. The van der Waals surface area contributed by atoms with Crippen LogP contribution in [0.5, 0.6) is 17.2 Å². The Balaban J connectivity index is 1.63. The number of carbonyl (C=O) groups excluding carboxylic acids is 1. The summed E-state index contributed by atoms with van der Waals surface area (Å²) in [6, 6.07) is 11.3. The second-order valence-corrected chi connectivity index (χ2v) is 9.33. The average molecular weight is 390 g/mol.